The van der Waals surface area contributed by atoms with Crippen LogP contribution in [0.25, 0.3) is 0 Å². The highest BCUT2D eigenvalue weighted by molar-refractivity contribution is 7.90. The summed E-state index contributed by atoms with van der Waals surface area (Å²) >= 11 is 0. The lowest BCUT2D eigenvalue weighted by Gasteiger charge is -2.18. The summed E-state index contributed by atoms with van der Waals surface area (Å²) in [7, 11) is -3.19. The van der Waals surface area contributed by atoms with Crippen molar-refractivity contribution in [1.29, 1.82) is 0 Å². The normalized spacial score (nSPS) is 20.1. The summed E-state index contributed by atoms with van der Waals surface area (Å²) in [5, 5.41) is 3.67. The maximum absolute atomic E-state index is 11.3. The Bertz CT molecular complexity index is 519. The molecule has 0 aromatic carbocycles. The van der Waals surface area contributed by atoms with Crippen LogP contribution in [0.2, 0.25) is 0 Å². The van der Waals surface area contributed by atoms with E-state index in [2.05, 4.69) is 10.3 Å². The van der Waals surface area contributed by atoms with Crippen molar-refractivity contribution in [2.45, 2.75) is 36.8 Å². The lowest BCUT2D eigenvalue weighted by Crippen LogP contribution is -2.24. The summed E-state index contributed by atoms with van der Waals surface area (Å²) in [4.78, 5) is 4.01. The van der Waals surface area contributed by atoms with Gasteiger partial charge in [-0.15, -0.1) is 0 Å². The number of aromatic nitrogens is 1. The van der Waals surface area contributed by atoms with Gasteiger partial charge >= 0.3 is 0 Å². The van der Waals surface area contributed by atoms with Crippen molar-refractivity contribution in [2.24, 2.45) is 11.8 Å². The zero-order chi connectivity index (χ0) is 12.8. The molecule has 0 unspecified atom stereocenters. The van der Waals surface area contributed by atoms with Crippen molar-refractivity contribution in [3.05, 3.63) is 18.3 Å². The smallest absolute Gasteiger partial charge is 0.192 e. The Kier molecular flexibility index (Phi) is 2.81. The summed E-state index contributed by atoms with van der Waals surface area (Å²) in [6, 6.07) is 3.96. The Morgan fingerprint density at radius 1 is 1.22 bits per heavy atom. The van der Waals surface area contributed by atoms with Crippen LogP contribution in [0.3, 0.4) is 0 Å². The first-order valence-corrected chi connectivity index (χ1v) is 8.36. The molecule has 4 nitrogen and oxygen atoms in total. The minimum Gasteiger partial charge on any atom is -0.381 e. The molecule has 2 fully saturated rings. The van der Waals surface area contributed by atoms with Gasteiger partial charge in [-0.05, 0) is 49.7 Å². The van der Waals surface area contributed by atoms with Gasteiger partial charge in [0.25, 0.3) is 0 Å². The Labute approximate surface area is 108 Å². The van der Waals surface area contributed by atoms with Crippen LogP contribution in [0.4, 0.5) is 5.69 Å². The largest absolute Gasteiger partial charge is 0.381 e. The second-order valence-electron chi connectivity index (χ2n) is 5.50. The second-order valence-corrected chi connectivity index (χ2v) is 7.46. The van der Waals surface area contributed by atoms with Crippen molar-refractivity contribution in [1.82, 2.24) is 4.98 Å². The van der Waals surface area contributed by atoms with Gasteiger partial charge in [0.05, 0.1) is 11.9 Å². The van der Waals surface area contributed by atoms with Gasteiger partial charge in [-0.3, -0.25) is 0 Å². The summed E-state index contributed by atoms with van der Waals surface area (Å²) in [5.41, 5.74) is 0.936. The third-order valence-corrected chi connectivity index (χ3v) is 4.71. The molecule has 2 aliphatic rings. The van der Waals surface area contributed by atoms with Crippen molar-refractivity contribution < 1.29 is 8.42 Å². The van der Waals surface area contributed by atoms with Gasteiger partial charge in [0, 0.05) is 12.3 Å². The molecule has 1 aromatic rings. The van der Waals surface area contributed by atoms with Crippen molar-refractivity contribution in [2.75, 3.05) is 11.6 Å². The van der Waals surface area contributed by atoms with E-state index in [1.165, 1.54) is 31.9 Å². The number of hydrogen-bond donors (Lipinski definition) is 1. The molecule has 2 saturated carbocycles. The zero-order valence-corrected chi connectivity index (χ0v) is 11.3. The molecule has 0 aliphatic heterocycles. The Balaban J connectivity index is 1.72. The number of sulfone groups is 1. The SMILES string of the molecule is CS(=O)(=O)c1ccc(NC(C2CC2)C2CC2)cn1. The molecule has 0 bridgehead atoms. The third kappa shape index (κ3) is 2.66. The molecule has 0 radical (unpaired) electrons. The highest BCUT2D eigenvalue weighted by Crippen LogP contribution is 2.45. The van der Waals surface area contributed by atoms with E-state index in [4.69, 9.17) is 0 Å². The molecule has 2 aliphatic carbocycles. The fraction of sp³-hybridized carbons (Fsp3) is 0.615. The average Bonchev–Trinajstić information content (AvgIpc) is 3.16. The maximum Gasteiger partial charge on any atom is 0.192 e. The van der Waals surface area contributed by atoms with Gasteiger partial charge in [0.15, 0.2) is 14.9 Å². The molecule has 18 heavy (non-hydrogen) atoms. The summed E-state index contributed by atoms with van der Waals surface area (Å²) in [6.07, 6.45) is 8.10. The highest BCUT2D eigenvalue weighted by atomic mass is 32.2. The van der Waals surface area contributed by atoms with Crippen LogP contribution < -0.4 is 5.32 Å². The van der Waals surface area contributed by atoms with Crippen LogP contribution in [0.1, 0.15) is 25.7 Å². The van der Waals surface area contributed by atoms with Crippen molar-refractivity contribution in [3.63, 3.8) is 0 Å². The van der Waals surface area contributed by atoms with Gasteiger partial charge in [-0.2, -0.15) is 0 Å². The quantitative estimate of drug-likeness (QED) is 0.886. The molecular formula is C13H18N2O2S. The predicted octanol–water partition coefficient (Wildman–Crippen LogP) is 2.09. The first-order chi connectivity index (χ1) is 8.54. The number of rotatable bonds is 5. The van der Waals surface area contributed by atoms with E-state index in [-0.39, 0.29) is 5.03 Å². The standard InChI is InChI=1S/C13H18N2O2S/c1-18(16,17)12-7-6-11(8-14-12)15-13(9-2-3-9)10-4-5-10/h6-10,13,15H,2-5H2,1H3. The van der Waals surface area contributed by atoms with Gasteiger partial charge in [0.2, 0.25) is 0 Å². The van der Waals surface area contributed by atoms with E-state index in [9.17, 15) is 8.42 Å². The number of hydrogen-bond acceptors (Lipinski definition) is 4. The first-order valence-electron chi connectivity index (χ1n) is 6.47. The van der Waals surface area contributed by atoms with E-state index in [0.29, 0.717) is 6.04 Å². The van der Waals surface area contributed by atoms with Gasteiger partial charge in [-0.25, -0.2) is 13.4 Å². The van der Waals surface area contributed by atoms with E-state index in [1.807, 2.05) is 6.07 Å². The summed E-state index contributed by atoms with van der Waals surface area (Å²) in [5.74, 6) is 1.62. The minimum absolute atomic E-state index is 0.141. The van der Waals surface area contributed by atoms with Crippen molar-refractivity contribution >= 4 is 15.5 Å². The lowest BCUT2D eigenvalue weighted by molar-refractivity contribution is 0.567. The Morgan fingerprint density at radius 2 is 1.83 bits per heavy atom. The van der Waals surface area contributed by atoms with Crippen LogP contribution in [0.15, 0.2) is 23.4 Å². The average molecular weight is 266 g/mol. The highest BCUT2D eigenvalue weighted by Gasteiger charge is 2.41. The predicted molar refractivity (Wildman–Crippen MR) is 70.2 cm³/mol. The molecular weight excluding hydrogens is 248 g/mol. The molecule has 0 amide bonds. The van der Waals surface area contributed by atoms with Gasteiger partial charge in [-0.1, -0.05) is 0 Å². The summed E-state index contributed by atoms with van der Waals surface area (Å²) in [6.45, 7) is 0. The molecule has 0 atom stereocenters. The van der Waals surface area contributed by atoms with E-state index >= 15 is 0 Å². The number of anilines is 1. The summed E-state index contributed by atoms with van der Waals surface area (Å²) < 4.78 is 22.6. The minimum atomic E-state index is -3.19. The molecule has 98 valence electrons. The fourth-order valence-electron chi connectivity index (χ4n) is 2.41. The number of nitrogens with zero attached hydrogens (tertiary/aromatic N) is 1. The Hall–Kier alpha value is -1.10. The molecule has 0 spiro atoms. The lowest BCUT2D eigenvalue weighted by atomic mass is 10.1. The maximum atomic E-state index is 11.3. The fourth-order valence-corrected chi connectivity index (χ4v) is 2.97. The molecule has 1 aromatic heterocycles. The van der Waals surface area contributed by atoms with Crippen LogP contribution >= 0.6 is 0 Å². The van der Waals surface area contributed by atoms with E-state index in [0.717, 1.165) is 17.5 Å². The van der Waals surface area contributed by atoms with Crippen LogP contribution in [0, 0.1) is 11.8 Å². The van der Waals surface area contributed by atoms with Crippen LogP contribution in [-0.4, -0.2) is 25.7 Å². The van der Waals surface area contributed by atoms with E-state index in [1.54, 1.807) is 12.3 Å². The molecule has 1 heterocycles. The monoisotopic (exact) mass is 266 g/mol. The van der Waals surface area contributed by atoms with Crippen molar-refractivity contribution in [3.8, 4) is 0 Å². The van der Waals surface area contributed by atoms with Gasteiger partial charge < -0.3 is 5.32 Å². The molecule has 1 N–H and O–H groups in total. The third-order valence-electron chi connectivity index (χ3n) is 3.71. The number of nitrogens with one attached hydrogen (secondary N) is 1. The molecule has 0 saturated heterocycles. The molecule has 3 rings (SSSR count). The van der Waals surface area contributed by atoms with Crippen LogP contribution in [0.5, 0.6) is 0 Å². The molecule has 5 heteroatoms. The van der Waals surface area contributed by atoms with E-state index < -0.39 is 9.84 Å². The Morgan fingerprint density at radius 3 is 2.22 bits per heavy atom. The first kappa shape index (κ1) is 12.0. The second kappa shape index (κ2) is 4.23. The zero-order valence-electron chi connectivity index (χ0n) is 10.5. The topological polar surface area (TPSA) is 59.1 Å². The number of pyridine rings is 1. The van der Waals surface area contributed by atoms with Gasteiger partial charge in [0.1, 0.15) is 0 Å². The van der Waals surface area contributed by atoms with Crippen LogP contribution in [-0.2, 0) is 9.84 Å².